The lowest BCUT2D eigenvalue weighted by Crippen LogP contribution is -2.43. The molecule has 2 aliphatic carbocycles. The van der Waals surface area contributed by atoms with E-state index in [-0.39, 0.29) is 29.7 Å². The molecule has 5 nitrogen and oxygen atoms in total. The summed E-state index contributed by atoms with van der Waals surface area (Å²) in [6.07, 6.45) is 4.40. The van der Waals surface area contributed by atoms with Crippen LogP contribution in [-0.4, -0.2) is 25.9 Å². The van der Waals surface area contributed by atoms with Crippen molar-refractivity contribution in [3.05, 3.63) is 23.8 Å². The fraction of sp³-hybridized carbons (Fsp3) is 0.600. The number of nitrogens with one attached hydrogen (secondary N) is 1. The van der Waals surface area contributed by atoms with E-state index in [2.05, 4.69) is 5.32 Å². The molecule has 136 valence electrons. The van der Waals surface area contributed by atoms with Gasteiger partial charge in [-0.25, -0.2) is 0 Å². The van der Waals surface area contributed by atoms with E-state index in [1.807, 2.05) is 25.1 Å². The molecule has 0 heterocycles. The van der Waals surface area contributed by atoms with Crippen LogP contribution in [0.5, 0.6) is 11.5 Å². The quantitative estimate of drug-likeness (QED) is 0.889. The van der Waals surface area contributed by atoms with E-state index in [4.69, 9.17) is 9.47 Å². The van der Waals surface area contributed by atoms with Crippen LogP contribution in [0, 0.1) is 17.8 Å². The van der Waals surface area contributed by atoms with Gasteiger partial charge in [0.05, 0.1) is 20.3 Å². The molecule has 25 heavy (non-hydrogen) atoms. The molecule has 2 bridgehead atoms. The second-order valence-corrected chi connectivity index (χ2v) is 7.23. The van der Waals surface area contributed by atoms with Gasteiger partial charge in [0.2, 0.25) is 5.91 Å². The van der Waals surface area contributed by atoms with Crippen molar-refractivity contribution in [1.82, 2.24) is 5.32 Å². The van der Waals surface area contributed by atoms with Gasteiger partial charge in [-0.1, -0.05) is 6.42 Å². The van der Waals surface area contributed by atoms with Gasteiger partial charge in [0.1, 0.15) is 17.3 Å². The van der Waals surface area contributed by atoms with Crippen LogP contribution >= 0.6 is 0 Å². The van der Waals surface area contributed by atoms with Crippen molar-refractivity contribution >= 4 is 11.7 Å². The fourth-order valence-corrected chi connectivity index (χ4v) is 4.28. The largest absolute Gasteiger partial charge is 0.497 e. The highest BCUT2D eigenvalue weighted by Gasteiger charge is 2.41. The van der Waals surface area contributed by atoms with E-state index in [0.29, 0.717) is 18.6 Å². The lowest BCUT2D eigenvalue weighted by Gasteiger charge is -2.37. The SMILES string of the molecule is COc1ccc(OC)c(C(C)NC(=O)C2CC3CCCC(C2)C3=O)c1. The normalized spacial score (nSPS) is 26.7. The third kappa shape index (κ3) is 3.65. The molecule has 3 atom stereocenters. The predicted octanol–water partition coefficient (Wildman–Crippen LogP) is 3.28. The van der Waals surface area contributed by atoms with Crippen LogP contribution in [-0.2, 0) is 9.59 Å². The first-order valence-electron chi connectivity index (χ1n) is 9.09. The Labute approximate surface area is 149 Å². The van der Waals surface area contributed by atoms with Crippen LogP contribution < -0.4 is 14.8 Å². The average Bonchev–Trinajstić information content (AvgIpc) is 2.60. The van der Waals surface area contributed by atoms with Crippen LogP contribution in [0.1, 0.15) is 50.6 Å². The number of methoxy groups -OCH3 is 2. The van der Waals surface area contributed by atoms with Gasteiger partial charge in [-0.05, 0) is 50.8 Å². The maximum Gasteiger partial charge on any atom is 0.223 e. The molecule has 0 aliphatic heterocycles. The maximum atomic E-state index is 12.8. The highest BCUT2D eigenvalue weighted by molar-refractivity contribution is 5.88. The Morgan fingerprint density at radius 2 is 1.84 bits per heavy atom. The number of carbonyl (C=O) groups is 2. The summed E-state index contributed by atoms with van der Waals surface area (Å²) < 4.78 is 10.7. The van der Waals surface area contributed by atoms with E-state index >= 15 is 0 Å². The van der Waals surface area contributed by atoms with Crippen molar-refractivity contribution in [3.63, 3.8) is 0 Å². The molecule has 3 unspecified atom stereocenters. The van der Waals surface area contributed by atoms with Crippen molar-refractivity contribution in [3.8, 4) is 11.5 Å². The Kier molecular flexibility index (Phi) is 5.30. The number of rotatable bonds is 5. The number of hydrogen-bond acceptors (Lipinski definition) is 4. The Morgan fingerprint density at radius 1 is 1.16 bits per heavy atom. The summed E-state index contributed by atoms with van der Waals surface area (Å²) in [5.74, 6) is 2.00. The summed E-state index contributed by atoms with van der Waals surface area (Å²) in [5, 5.41) is 3.11. The standard InChI is InChI=1S/C20H27NO4/c1-12(17-11-16(24-2)7-8-18(17)25-3)21-20(23)15-9-13-5-4-6-14(10-15)19(13)22/h7-8,11-15H,4-6,9-10H2,1-3H3,(H,21,23). The molecule has 5 heteroatoms. The summed E-state index contributed by atoms with van der Waals surface area (Å²) in [6.45, 7) is 1.95. The molecule has 0 radical (unpaired) electrons. The van der Waals surface area contributed by atoms with Gasteiger partial charge in [-0.3, -0.25) is 9.59 Å². The average molecular weight is 345 g/mol. The summed E-state index contributed by atoms with van der Waals surface area (Å²) in [4.78, 5) is 25.0. The summed E-state index contributed by atoms with van der Waals surface area (Å²) in [6, 6.07) is 5.39. The van der Waals surface area contributed by atoms with Gasteiger partial charge in [0, 0.05) is 23.3 Å². The number of ketones is 1. The molecule has 0 saturated heterocycles. The lowest BCUT2D eigenvalue weighted by atomic mass is 9.67. The third-order valence-electron chi connectivity index (χ3n) is 5.68. The van der Waals surface area contributed by atoms with Crippen LogP contribution in [0.2, 0.25) is 0 Å². The zero-order valence-electron chi connectivity index (χ0n) is 15.2. The monoisotopic (exact) mass is 345 g/mol. The second-order valence-electron chi connectivity index (χ2n) is 7.23. The topological polar surface area (TPSA) is 64.6 Å². The summed E-state index contributed by atoms with van der Waals surface area (Å²) in [5.41, 5.74) is 0.891. The molecule has 0 spiro atoms. The highest BCUT2D eigenvalue weighted by Crippen LogP contribution is 2.40. The molecule has 1 N–H and O–H groups in total. The van der Waals surface area contributed by atoms with Gasteiger partial charge in [-0.15, -0.1) is 0 Å². The van der Waals surface area contributed by atoms with Gasteiger partial charge >= 0.3 is 0 Å². The first kappa shape index (κ1) is 17.8. The van der Waals surface area contributed by atoms with Crippen molar-refractivity contribution in [2.24, 2.45) is 17.8 Å². The molecule has 1 aromatic rings. The Balaban J connectivity index is 1.70. The van der Waals surface area contributed by atoms with Crippen molar-refractivity contribution in [2.45, 2.75) is 45.1 Å². The molecular weight excluding hydrogens is 318 g/mol. The maximum absolute atomic E-state index is 12.8. The smallest absolute Gasteiger partial charge is 0.223 e. The fourth-order valence-electron chi connectivity index (χ4n) is 4.28. The number of benzene rings is 1. The van der Waals surface area contributed by atoms with Gasteiger partial charge < -0.3 is 14.8 Å². The van der Waals surface area contributed by atoms with E-state index < -0.39 is 0 Å². The predicted molar refractivity (Wildman–Crippen MR) is 94.7 cm³/mol. The van der Waals surface area contributed by atoms with Gasteiger partial charge in [0.25, 0.3) is 0 Å². The lowest BCUT2D eigenvalue weighted by molar-refractivity contribution is -0.137. The molecule has 2 fully saturated rings. The minimum atomic E-state index is -0.185. The van der Waals surface area contributed by atoms with E-state index in [0.717, 1.165) is 36.3 Å². The van der Waals surface area contributed by atoms with Crippen molar-refractivity contribution in [2.75, 3.05) is 14.2 Å². The number of ether oxygens (including phenoxy) is 2. The van der Waals surface area contributed by atoms with Crippen LogP contribution in [0.3, 0.4) is 0 Å². The van der Waals surface area contributed by atoms with Crippen LogP contribution in [0.15, 0.2) is 18.2 Å². The molecule has 0 aromatic heterocycles. The van der Waals surface area contributed by atoms with Crippen molar-refractivity contribution < 1.29 is 19.1 Å². The number of carbonyl (C=O) groups excluding carboxylic acids is 2. The minimum absolute atomic E-state index is 0.0433. The highest BCUT2D eigenvalue weighted by atomic mass is 16.5. The van der Waals surface area contributed by atoms with Gasteiger partial charge in [-0.2, -0.15) is 0 Å². The van der Waals surface area contributed by atoms with E-state index in [1.54, 1.807) is 14.2 Å². The molecule has 3 rings (SSSR count). The number of hydrogen-bond donors (Lipinski definition) is 1. The first-order chi connectivity index (χ1) is 12.0. The Hall–Kier alpha value is -2.04. The van der Waals surface area contributed by atoms with Gasteiger partial charge in [0.15, 0.2) is 0 Å². The zero-order valence-corrected chi connectivity index (χ0v) is 15.2. The number of amides is 1. The second kappa shape index (κ2) is 7.46. The molecule has 1 amide bonds. The first-order valence-corrected chi connectivity index (χ1v) is 9.09. The third-order valence-corrected chi connectivity index (χ3v) is 5.68. The zero-order chi connectivity index (χ0) is 18.0. The summed E-state index contributed by atoms with van der Waals surface area (Å²) in [7, 11) is 3.24. The molecule has 1 aromatic carbocycles. The molecular formula is C20H27NO4. The van der Waals surface area contributed by atoms with Crippen molar-refractivity contribution in [1.29, 1.82) is 0 Å². The number of Topliss-reactive ketones (excluding diaryl/α,β-unsaturated/α-hetero) is 1. The molecule has 2 aliphatic rings. The van der Waals surface area contributed by atoms with Crippen LogP contribution in [0.25, 0.3) is 0 Å². The Bertz CT molecular complexity index is 641. The Morgan fingerprint density at radius 3 is 2.44 bits per heavy atom. The van der Waals surface area contributed by atoms with E-state index in [9.17, 15) is 9.59 Å². The van der Waals surface area contributed by atoms with E-state index in [1.165, 1.54) is 0 Å². The minimum Gasteiger partial charge on any atom is -0.497 e. The summed E-state index contributed by atoms with van der Waals surface area (Å²) >= 11 is 0. The van der Waals surface area contributed by atoms with Crippen LogP contribution in [0.4, 0.5) is 0 Å². The number of fused-ring (bicyclic) bond motifs is 2. The molecule has 2 saturated carbocycles.